The first-order valence-corrected chi connectivity index (χ1v) is 32.0. The molecule has 0 aromatic rings. The van der Waals surface area contributed by atoms with E-state index in [9.17, 15) is 28.9 Å². The Balaban J connectivity index is 4.68. The van der Waals surface area contributed by atoms with E-state index < -0.39 is 57.8 Å². The molecule has 0 rings (SSSR count). The zero-order valence-electron chi connectivity index (χ0n) is 47.8. The number of ether oxygens (including phenoxy) is 3. The molecule has 0 spiro atoms. The number of unbranched alkanes of at least 4 members (excludes halogenated alkanes) is 32. The molecule has 0 aromatic carbocycles. The van der Waals surface area contributed by atoms with Gasteiger partial charge in [-0.15, -0.1) is 0 Å². The van der Waals surface area contributed by atoms with Crippen LogP contribution in [0, 0.1) is 0 Å². The van der Waals surface area contributed by atoms with Crippen LogP contribution in [0.1, 0.15) is 290 Å². The number of aliphatic hydroxyl groups excluding tert-OH is 1. The molecule has 0 heterocycles. The Morgan fingerprint density at radius 3 is 1.11 bits per heavy atom. The lowest BCUT2D eigenvalue weighted by molar-refractivity contribution is -0.161. The highest BCUT2D eigenvalue weighted by Crippen LogP contribution is 2.43. The molecule has 0 fully saturated rings. The molecule has 0 bridgehead atoms. The van der Waals surface area contributed by atoms with Crippen LogP contribution in [-0.2, 0) is 42.2 Å². The lowest BCUT2D eigenvalue weighted by atomic mass is 10.0. The smallest absolute Gasteiger partial charge is 0.462 e. The summed E-state index contributed by atoms with van der Waals surface area (Å²) in [6, 6.07) is 0. The lowest BCUT2D eigenvalue weighted by Gasteiger charge is -2.21. The maximum atomic E-state index is 12.9. The van der Waals surface area contributed by atoms with Crippen LogP contribution in [0.3, 0.4) is 0 Å². The first-order chi connectivity index (χ1) is 36.2. The topological polar surface area (TPSA) is 155 Å². The number of phosphoric acid groups is 1. The largest absolute Gasteiger partial charge is 0.472 e. The van der Waals surface area contributed by atoms with E-state index in [0.29, 0.717) is 19.3 Å². The van der Waals surface area contributed by atoms with E-state index in [1.165, 1.54) is 154 Å². The Labute approximate surface area is 453 Å². The van der Waals surface area contributed by atoms with Crippen LogP contribution in [0.4, 0.5) is 0 Å². The quantitative estimate of drug-likeness (QED) is 0.0197. The Morgan fingerprint density at radius 2 is 0.703 bits per heavy atom. The number of esters is 3. The minimum absolute atomic E-state index is 0.161. The molecular weight excluding hydrogens is 952 g/mol. The molecule has 432 valence electrons. The first-order valence-electron chi connectivity index (χ1n) is 30.5. The van der Waals surface area contributed by atoms with E-state index in [4.69, 9.17) is 23.3 Å². The number of hydrogen-bond donors (Lipinski definition) is 2. The summed E-state index contributed by atoms with van der Waals surface area (Å²) in [4.78, 5) is 48.6. The number of aliphatic hydroxyl groups is 1. The molecule has 0 radical (unpaired) electrons. The van der Waals surface area contributed by atoms with Crippen LogP contribution in [0.25, 0.3) is 0 Å². The van der Waals surface area contributed by atoms with Crippen LogP contribution in [0.2, 0.25) is 0 Å². The molecule has 11 nitrogen and oxygen atoms in total. The average Bonchev–Trinajstić information content (AvgIpc) is 3.39. The van der Waals surface area contributed by atoms with E-state index in [1.54, 1.807) is 0 Å². The number of allylic oxidation sites excluding steroid dienone is 8. The second-order valence-electron chi connectivity index (χ2n) is 20.5. The number of hydrogen-bond acceptors (Lipinski definition) is 10. The molecule has 3 atom stereocenters. The summed E-state index contributed by atoms with van der Waals surface area (Å²) >= 11 is 0. The monoisotopic (exact) mass is 1060 g/mol. The summed E-state index contributed by atoms with van der Waals surface area (Å²) in [5.74, 6) is -1.48. The number of carbonyl (C=O) groups excluding carboxylic acids is 3. The summed E-state index contributed by atoms with van der Waals surface area (Å²) < 4.78 is 39.6. The van der Waals surface area contributed by atoms with Crippen molar-refractivity contribution in [3.05, 3.63) is 48.6 Å². The van der Waals surface area contributed by atoms with Crippen LogP contribution >= 0.6 is 7.82 Å². The standard InChI is InChI=1S/C62H113O11P/c1-4-7-10-13-16-19-22-25-27-28-29-30-32-35-38-41-44-47-50-53-62(66)73-59(55-69-60(64)51-48-45-42-39-36-33-24-21-18-15-12-9-6-3)57-71-74(67,68)70-56-58(54-63)72-61(65)52-49-46-43-40-37-34-31-26-23-20-17-14-11-8-5-2/h9,12,18,21,25,27,33,36,58-59,63H,4-8,10-11,13-17,19-20,22-24,26,28-32,34-35,37-57H2,1-3H3,(H,67,68)/b12-9-,21-18-,27-25-,36-33-. The van der Waals surface area contributed by atoms with Crippen molar-refractivity contribution in [2.45, 2.75) is 303 Å². The summed E-state index contributed by atoms with van der Waals surface area (Å²) in [5.41, 5.74) is 0. The Morgan fingerprint density at radius 1 is 0.392 bits per heavy atom. The predicted molar refractivity (Wildman–Crippen MR) is 307 cm³/mol. The molecule has 0 aliphatic rings. The van der Waals surface area contributed by atoms with Gasteiger partial charge in [-0.25, -0.2) is 4.57 Å². The van der Waals surface area contributed by atoms with E-state index in [2.05, 4.69) is 69.4 Å². The molecule has 2 N–H and O–H groups in total. The zero-order valence-corrected chi connectivity index (χ0v) is 48.7. The van der Waals surface area contributed by atoms with Gasteiger partial charge in [-0.1, -0.05) is 243 Å². The second-order valence-corrected chi connectivity index (χ2v) is 21.9. The van der Waals surface area contributed by atoms with Crippen LogP contribution in [0.15, 0.2) is 48.6 Å². The van der Waals surface area contributed by atoms with Gasteiger partial charge < -0.3 is 24.2 Å². The van der Waals surface area contributed by atoms with Gasteiger partial charge in [0.2, 0.25) is 0 Å². The maximum absolute atomic E-state index is 12.9. The number of rotatable bonds is 57. The van der Waals surface area contributed by atoms with Crippen LogP contribution < -0.4 is 0 Å². The molecular formula is C62H113O11P. The van der Waals surface area contributed by atoms with Crippen LogP contribution in [0.5, 0.6) is 0 Å². The van der Waals surface area contributed by atoms with Gasteiger partial charge in [-0.2, -0.15) is 0 Å². The highest BCUT2D eigenvalue weighted by Gasteiger charge is 2.28. The average molecular weight is 1070 g/mol. The minimum Gasteiger partial charge on any atom is -0.462 e. The van der Waals surface area contributed by atoms with Gasteiger partial charge in [-0.3, -0.25) is 23.4 Å². The van der Waals surface area contributed by atoms with E-state index in [1.807, 2.05) is 0 Å². The third-order valence-corrected chi connectivity index (χ3v) is 14.2. The van der Waals surface area contributed by atoms with Crippen molar-refractivity contribution in [2.24, 2.45) is 0 Å². The van der Waals surface area contributed by atoms with Gasteiger partial charge in [-0.05, 0) is 77.0 Å². The number of phosphoric ester groups is 1. The third kappa shape index (κ3) is 54.2. The van der Waals surface area contributed by atoms with Crippen molar-refractivity contribution in [3.8, 4) is 0 Å². The maximum Gasteiger partial charge on any atom is 0.472 e. The fraction of sp³-hybridized carbons (Fsp3) is 0.823. The SMILES string of the molecule is CC/C=C\C/C=C\C/C=C\CCCCCC(=O)OCC(COP(=O)(O)OCC(CO)OC(=O)CCCCCCCCCCCCCCCCC)OC(=O)CCCCCCCCCCC/C=C\CCCCCCCC. The molecule has 12 heteroatoms. The van der Waals surface area contributed by atoms with Gasteiger partial charge >= 0.3 is 25.7 Å². The fourth-order valence-electron chi connectivity index (χ4n) is 8.60. The molecule has 0 aliphatic heterocycles. The Hall–Kier alpha value is -2.56. The minimum atomic E-state index is -4.75. The predicted octanol–water partition coefficient (Wildman–Crippen LogP) is 18.1. The van der Waals surface area contributed by atoms with Gasteiger partial charge in [0.25, 0.3) is 0 Å². The highest BCUT2D eigenvalue weighted by atomic mass is 31.2. The molecule has 3 unspecified atom stereocenters. The second kappa shape index (κ2) is 56.6. The first kappa shape index (κ1) is 71.4. The van der Waals surface area contributed by atoms with E-state index in [0.717, 1.165) is 77.0 Å². The van der Waals surface area contributed by atoms with Crippen molar-refractivity contribution < 1.29 is 52.2 Å². The summed E-state index contributed by atoms with van der Waals surface area (Å²) in [7, 11) is -4.75. The van der Waals surface area contributed by atoms with Crippen molar-refractivity contribution in [3.63, 3.8) is 0 Å². The van der Waals surface area contributed by atoms with Gasteiger partial charge in [0.05, 0.1) is 19.8 Å². The fourth-order valence-corrected chi connectivity index (χ4v) is 9.39. The Bertz CT molecular complexity index is 1430. The summed E-state index contributed by atoms with van der Waals surface area (Å²) in [6.45, 7) is 4.54. The lowest BCUT2D eigenvalue weighted by Crippen LogP contribution is -2.30. The molecule has 0 saturated carbocycles. The van der Waals surface area contributed by atoms with Gasteiger partial charge in [0.1, 0.15) is 12.7 Å². The van der Waals surface area contributed by atoms with Crippen molar-refractivity contribution in [1.29, 1.82) is 0 Å². The summed E-state index contributed by atoms with van der Waals surface area (Å²) in [6.07, 6.45) is 60.7. The number of carbonyl (C=O) groups is 3. The molecule has 0 aromatic heterocycles. The van der Waals surface area contributed by atoms with E-state index in [-0.39, 0.29) is 25.9 Å². The van der Waals surface area contributed by atoms with E-state index >= 15 is 0 Å². The molecule has 0 saturated heterocycles. The van der Waals surface area contributed by atoms with Crippen molar-refractivity contribution in [1.82, 2.24) is 0 Å². The van der Waals surface area contributed by atoms with Gasteiger partial charge in [0.15, 0.2) is 6.10 Å². The van der Waals surface area contributed by atoms with Crippen LogP contribution in [-0.4, -0.2) is 66.5 Å². The normalized spacial score (nSPS) is 13.6. The summed E-state index contributed by atoms with van der Waals surface area (Å²) in [5, 5.41) is 9.83. The van der Waals surface area contributed by atoms with Crippen molar-refractivity contribution >= 4 is 25.7 Å². The van der Waals surface area contributed by atoms with Gasteiger partial charge in [0, 0.05) is 19.3 Å². The molecule has 0 aliphatic carbocycles. The van der Waals surface area contributed by atoms with Crippen molar-refractivity contribution in [2.75, 3.05) is 26.4 Å². The molecule has 0 amide bonds. The zero-order chi connectivity index (χ0) is 54.1. The Kier molecular flexibility index (Phi) is 54.7. The molecule has 74 heavy (non-hydrogen) atoms. The third-order valence-electron chi connectivity index (χ3n) is 13.2. The highest BCUT2D eigenvalue weighted by molar-refractivity contribution is 7.47.